The summed E-state index contributed by atoms with van der Waals surface area (Å²) < 4.78 is 0.581. The van der Waals surface area contributed by atoms with Crippen molar-refractivity contribution in [1.29, 1.82) is 0 Å². The van der Waals surface area contributed by atoms with Crippen LogP contribution >= 0.6 is 22.9 Å². The number of aryl methyl sites for hydroxylation is 2. The van der Waals surface area contributed by atoms with E-state index in [-0.39, 0.29) is 0 Å². The Morgan fingerprint density at radius 1 is 0.923 bits per heavy atom. The minimum Gasteiger partial charge on any atom is -0.380 e. The van der Waals surface area contributed by atoms with E-state index in [1.54, 1.807) is 0 Å². The van der Waals surface area contributed by atoms with Crippen LogP contribution < -0.4 is 5.32 Å². The Bertz CT molecular complexity index is 1030. The van der Waals surface area contributed by atoms with Crippen LogP contribution in [0.4, 0.5) is 5.69 Å². The lowest BCUT2D eigenvalue weighted by atomic mass is 10.0. The van der Waals surface area contributed by atoms with E-state index in [1.807, 2.05) is 18.3 Å². The number of anilines is 1. The van der Waals surface area contributed by atoms with Gasteiger partial charge in [-0.15, -0.1) is 11.3 Å². The van der Waals surface area contributed by atoms with Gasteiger partial charge in [0.05, 0.1) is 12.1 Å². The molecule has 0 unspecified atom stereocenters. The number of nitrogens with zero attached hydrogens (tertiary/aromatic N) is 2. The third kappa shape index (κ3) is 4.03. The number of hydrogen-bond acceptors (Lipinski definition) is 4. The molecule has 0 radical (unpaired) electrons. The van der Waals surface area contributed by atoms with Crippen molar-refractivity contribution in [3.8, 4) is 0 Å². The standard InChI is InChI=1S/C21H18ClN3S/c22-21-24-14-18(26-21)13-23-19-7-3-1-5-15(19)9-11-17-12-10-16-6-2-4-8-20(16)25-17/h1-8,10,12,14,23H,9,11,13H2. The molecule has 0 amide bonds. The first kappa shape index (κ1) is 17.0. The van der Waals surface area contributed by atoms with Crippen molar-refractivity contribution in [2.24, 2.45) is 0 Å². The van der Waals surface area contributed by atoms with Crippen LogP contribution in [0.2, 0.25) is 4.47 Å². The van der Waals surface area contributed by atoms with Gasteiger partial charge in [0.2, 0.25) is 0 Å². The van der Waals surface area contributed by atoms with Crippen molar-refractivity contribution in [2.75, 3.05) is 5.32 Å². The van der Waals surface area contributed by atoms with Gasteiger partial charge in [-0.3, -0.25) is 4.98 Å². The number of benzene rings is 2. The number of fused-ring (bicyclic) bond motifs is 1. The van der Waals surface area contributed by atoms with E-state index in [1.165, 1.54) is 22.3 Å². The highest BCUT2D eigenvalue weighted by Gasteiger charge is 2.05. The van der Waals surface area contributed by atoms with Crippen LogP contribution in [0.15, 0.2) is 66.9 Å². The van der Waals surface area contributed by atoms with Crippen molar-refractivity contribution in [2.45, 2.75) is 19.4 Å². The zero-order chi connectivity index (χ0) is 17.8. The number of pyridine rings is 1. The molecule has 2 heterocycles. The quantitative estimate of drug-likeness (QED) is 0.464. The molecule has 0 saturated carbocycles. The first-order valence-corrected chi connectivity index (χ1v) is 9.74. The molecule has 26 heavy (non-hydrogen) atoms. The Morgan fingerprint density at radius 3 is 2.65 bits per heavy atom. The Morgan fingerprint density at radius 2 is 1.77 bits per heavy atom. The Labute approximate surface area is 161 Å². The van der Waals surface area contributed by atoms with Crippen molar-refractivity contribution < 1.29 is 0 Å². The Kier molecular flexibility index (Phi) is 5.14. The van der Waals surface area contributed by atoms with E-state index in [2.05, 4.69) is 58.8 Å². The number of aromatic nitrogens is 2. The third-order valence-electron chi connectivity index (χ3n) is 4.30. The minimum atomic E-state index is 0.581. The normalized spacial score (nSPS) is 11.0. The molecule has 2 aromatic carbocycles. The Hall–Kier alpha value is -2.43. The number of thiazole rings is 1. The van der Waals surface area contributed by atoms with Gasteiger partial charge in [-0.2, -0.15) is 0 Å². The van der Waals surface area contributed by atoms with Crippen molar-refractivity contribution in [3.05, 3.63) is 87.5 Å². The number of hydrogen-bond donors (Lipinski definition) is 1. The topological polar surface area (TPSA) is 37.8 Å². The molecule has 4 rings (SSSR count). The van der Waals surface area contributed by atoms with Crippen molar-refractivity contribution in [3.63, 3.8) is 0 Å². The molecule has 0 saturated heterocycles. The van der Waals surface area contributed by atoms with Crippen LogP contribution in [0.5, 0.6) is 0 Å². The third-order valence-corrected chi connectivity index (χ3v) is 5.42. The first-order valence-electron chi connectivity index (χ1n) is 8.54. The fourth-order valence-corrected chi connectivity index (χ4v) is 3.89. The maximum absolute atomic E-state index is 5.91. The van der Waals surface area contributed by atoms with Crippen LogP contribution in [-0.4, -0.2) is 9.97 Å². The summed E-state index contributed by atoms with van der Waals surface area (Å²) in [6, 6.07) is 20.9. The summed E-state index contributed by atoms with van der Waals surface area (Å²) in [6.45, 7) is 0.732. The molecule has 3 nitrogen and oxygen atoms in total. The van der Waals surface area contributed by atoms with Crippen LogP contribution in [-0.2, 0) is 19.4 Å². The number of para-hydroxylation sites is 2. The van der Waals surface area contributed by atoms with Crippen LogP contribution in [0.25, 0.3) is 10.9 Å². The fraction of sp³-hybridized carbons (Fsp3) is 0.143. The molecule has 2 aromatic heterocycles. The van der Waals surface area contributed by atoms with E-state index in [9.17, 15) is 0 Å². The second-order valence-corrected chi connectivity index (χ2v) is 7.78. The molecule has 4 aromatic rings. The lowest BCUT2D eigenvalue weighted by Crippen LogP contribution is -2.03. The van der Waals surface area contributed by atoms with E-state index < -0.39 is 0 Å². The molecule has 130 valence electrons. The summed E-state index contributed by atoms with van der Waals surface area (Å²) in [6.07, 6.45) is 3.68. The zero-order valence-corrected chi connectivity index (χ0v) is 15.7. The van der Waals surface area contributed by atoms with E-state index in [0.29, 0.717) is 4.47 Å². The second-order valence-electron chi connectivity index (χ2n) is 6.09. The molecular formula is C21H18ClN3S. The summed E-state index contributed by atoms with van der Waals surface area (Å²) in [5.74, 6) is 0. The molecule has 0 atom stereocenters. The van der Waals surface area contributed by atoms with Gasteiger partial charge in [0.1, 0.15) is 0 Å². The van der Waals surface area contributed by atoms with Crippen LogP contribution in [0, 0.1) is 0 Å². The molecule has 0 aliphatic carbocycles. The maximum atomic E-state index is 5.91. The molecule has 0 fully saturated rings. The molecular weight excluding hydrogens is 362 g/mol. The maximum Gasteiger partial charge on any atom is 0.183 e. The first-order chi connectivity index (χ1) is 12.8. The molecule has 5 heteroatoms. The molecule has 0 spiro atoms. The van der Waals surface area contributed by atoms with Gasteiger partial charge in [0.15, 0.2) is 4.47 Å². The van der Waals surface area contributed by atoms with Gasteiger partial charge < -0.3 is 5.32 Å². The summed E-state index contributed by atoms with van der Waals surface area (Å²) in [5, 5.41) is 4.68. The molecule has 0 aliphatic rings. The lowest BCUT2D eigenvalue weighted by molar-refractivity contribution is 0.921. The molecule has 0 bridgehead atoms. The van der Waals surface area contributed by atoms with E-state index in [0.717, 1.165) is 41.2 Å². The highest BCUT2D eigenvalue weighted by Crippen LogP contribution is 2.22. The molecule has 1 N–H and O–H groups in total. The van der Waals surface area contributed by atoms with Crippen molar-refractivity contribution >= 4 is 39.5 Å². The Balaban J connectivity index is 1.45. The fourth-order valence-electron chi connectivity index (χ4n) is 2.97. The SMILES string of the molecule is Clc1ncc(CNc2ccccc2CCc2ccc3ccccc3n2)s1. The van der Waals surface area contributed by atoms with Crippen LogP contribution in [0.3, 0.4) is 0 Å². The van der Waals surface area contributed by atoms with Gasteiger partial charge in [0.25, 0.3) is 0 Å². The van der Waals surface area contributed by atoms with Crippen molar-refractivity contribution in [1.82, 2.24) is 9.97 Å². The summed E-state index contributed by atoms with van der Waals surface area (Å²) in [7, 11) is 0. The number of halogens is 1. The van der Waals surface area contributed by atoms with Gasteiger partial charge >= 0.3 is 0 Å². The largest absolute Gasteiger partial charge is 0.380 e. The summed E-state index contributed by atoms with van der Waals surface area (Å²) >= 11 is 7.41. The van der Waals surface area contributed by atoms with Gasteiger partial charge in [-0.1, -0.05) is 54.1 Å². The highest BCUT2D eigenvalue weighted by molar-refractivity contribution is 7.15. The monoisotopic (exact) mass is 379 g/mol. The van der Waals surface area contributed by atoms with Gasteiger partial charge in [-0.25, -0.2) is 4.98 Å². The smallest absolute Gasteiger partial charge is 0.183 e. The number of nitrogens with one attached hydrogen (secondary N) is 1. The van der Waals surface area contributed by atoms with Crippen LogP contribution in [0.1, 0.15) is 16.1 Å². The predicted molar refractivity (Wildman–Crippen MR) is 110 cm³/mol. The van der Waals surface area contributed by atoms with E-state index in [4.69, 9.17) is 16.6 Å². The summed E-state index contributed by atoms with van der Waals surface area (Å²) in [4.78, 5) is 9.99. The number of rotatable bonds is 6. The predicted octanol–water partition coefficient (Wildman–Crippen LogP) is 5.74. The zero-order valence-electron chi connectivity index (χ0n) is 14.2. The van der Waals surface area contributed by atoms with Gasteiger partial charge in [-0.05, 0) is 36.6 Å². The second kappa shape index (κ2) is 7.85. The minimum absolute atomic E-state index is 0.581. The highest BCUT2D eigenvalue weighted by atomic mass is 35.5. The average Bonchev–Trinajstić information content (AvgIpc) is 3.10. The molecule has 0 aliphatic heterocycles. The van der Waals surface area contributed by atoms with Gasteiger partial charge in [0, 0.05) is 27.8 Å². The van der Waals surface area contributed by atoms with E-state index >= 15 is 0 Å². The summed E-state index contributed by atoms with van der Waals surface area (Å²) in [5.41, 5.74) is 4.61. The average molecular weight is 380 g/mol. The lowest BCUT2D eigenvalue weighted by Gasteiger charge is -2.11.